The fraction of sp³-hybridized carbons (Fsp3) is 0. The minimum absolute atomic E-state index is 0.0276. The normalized spacial score (nSPS) is 14.3. The second-order valence-corrected chi connectivity index (χ2v) is 4.74. The summed E-state index contributed by atoms with van der Waals surface area (Å²) in [5.41, 5.74) is 2.47. The highest BCUT2D eigenvalue weighted by Gasteiger charge is 2.05. The Kier molecular flexibility index (Phi) is 4.16. The molecule has 1 aliphatic carbocycles. The van der Waals surface area contributed by atoms with Crippen molar-refractivity contribution in [2.75, 3.05) is 0 Å². The number of benzene rings is 2. The molecule has 1 aliphatic rings. The van der Waals surface area contributed by atoms with Crippen LogP contribution in [0.15, 0.2) is 95.0 Å². The molecule has 22 heavy (non-hydrogen) atoms. The molecule has 0 aromatic heterocycles. The third-order valence-electron chi connectivity index (χ3n) is 3.09. The molecule has 0 radical (unpaired) electrons. The van der Waals surface area contributed by atoms with Crippen molar-refractivity contribution in [3.8, 4) is 0 Å². The Morgan fingerprint density at radius 3 is 1.95 bits per heavy atom. The Hall–Kier alpha value is -3.07. The molecule has 0 bridgehead atoms. The molecule has 0 amide bonds. The first kappa shape index (κ1) is 13.9. The van der Waals surface area contributed by atoms with E-state index in [1.807, 2.05) is 60.7 Å². The number of aliphatic imine (C=N–C) groups is 2. The number of ketones is 1. The largest absolute Gasteiger partial charge is 0.290 e. The van der Waals surface area contributed by atoms with Crippen LogP contribution in [0.25, 0.3) is 0 Å². The van der Waals surface area contributed by atoms with Gasteiger partial charge in [0.15, 0.2) is 11.6 Å². The first-order valence-electron chi connectivity index (χ1n) is 6.99. The van der Waals surface area contributed by atoms with Gasteiger partial charge < -0.3 is 0 Å². The molecule has 0 aliphatic heterocycles. The lowest BCUT2D eigenvalue weighted by Gasteiger charge is -2.04. The number of amidine groups is 1. The van der Waals surface area contributed by atoms with Crippen LogP contribution >= 0.6 is 0 Å². The number of allylic oxidation sites excluding steroid dienone is 4. The van der Waals surface area contributed by atoms with Gasteiger partial charge >= 0.3 is 0 Å². The molecule has 0 saturated carbocycles. The van der Waals surface area contributed by atoms with E-state index in [0.29, 0.717) is 11.5 Å². The van der Waals surface area contributed by atoms with Crippen LogP contribution < -0.4 is 0 Å². The Morgan fingerprint density at radius 2 is 1.32 bits per heavy atom. The molecule has 3 heteroatoms. The molecule has 0 heterocycles. The molecule has 3 nitrogen and oxygen atoms in total. The number of hydrogen-bond acceptors (Lipinski definition) is 2. The van der Waals surface area contributed by atoms with E-state index in [-0.39, 0.29) is 5.78 Å². The molecule has 2 aromatic rings. The van der Waals surface area contributed by atoms with Gasteiger partial charge in [0.05, 0.1) is 11.4 Å². The lowest BCUT2D eigenvalue weighted by Crippen LogP contribution is -2.04. The molecule has 0 atom stereocenters. The van der Waals surface area contributed by atoms with Crippen LogP contribution in [0.2, 0.25) is 0 Å². The van der Waals surface area contributed by atoms with Crippen molar-refractivity contribution < 1.29 is 4.79 Å². The standard InChI is InChI=1S/C19H14N2O/c22-18-13-11-17(12-14-18)21-19(15-7-3-1-4-8-15)20-16-9-5-2-6-10-16/h1-14H. The first-order chi connectivity index (χ1) is 10.8. The van der Waals surface area contributed by atoms with Crippen molar-refractivity contribution >= 4 is 23.0 Å². The Labute approximate surface area is 129 Å². The van der Waals surface area contributed by atoms with E-state index in [2.05, 4.69) is 9.98 Å². The second-order valence-electron chi connectivity index (χ2n) is 4.74. The van der Waals surface area contributed by atoms with Crippen molar-refractivity contribution in [2.45, 2.75) is 0 Å². The van der Waals surface area contributed by atoms with E-state index in [0.717, 1.165) is 11.3 Å². The van der Waals surface area contributed by atoms with Gasteiger partial charge in [-0.2, -0.15) is 0 Å². The molecule has 0 fully saturated rings. The second kappa shape index (κ2) is 6.59. The monoisotopic (exact) mass is 286 g/mol. The Bertz CT molecular complexity index is 767. The van der Waals surface area contributed by atoms with E-state index in [1.165, 1.54) is 12.2 Å². The number of hydrogen-bond donors (Lipinski definition) is 0. The lowest BCUT2D eigenvalue weighted by molar-refractivity contribution is -0.110. The number of para-hydroxylation sites is 1. The highest BCUT2D eigenvalue weighted by molar-refractivity contribution is 6.21. The summed E-state index contributed by atoms with van der Waals surface area (Å²) in [5.74, 6) is 0.589. The van der Waals surface area contributed by atoms with E-state index in [1.54, 1.807) is 12.2 Å². The number of nitrogens with zero attached hydrogens (tertiary/aromatic N) is 2. The number of carbonyl (C=O) groups is 1. The summed E-state index contributed by atoms with van der Waals surface area (Å²) in [5, 5.41) is 0. The van der Waals surface area contributed by atoms with Gasteiger partial charge in [-0.15, -0.1) is 0 Å². The van der Waals surface area contributed by atoms with Crippen molar-refractivity contribution in [1.82, 2.24) is 0 Å². The zero-order valence-electron chi connectivity index (χ0n) is 11.9. The van der Waals surface area contributed by atoms with Gasteiger partial charge in [0, 0.05) is 5.56 Å². The van der Waals surface area contributed by atoms with E-state index < -0.39 is 0 Å². The summed E-state index contributed by atoms with van der Waals surface area (Å²) < 4.78 is 0. The number of carbonyl (C=O) groups excluding carboxylic acids is 1. The minimum Gasteiger partial charge on any atom is -0.290 e. The zero-order valence-corrected chi connectivity index (χ0v) is 11.9. The highest BCUT2D eigenvalue weighted by atomic mass is 16.1. The van der Waals surface area contributed by atoms with Gasteiger partial charge in [0.2, 0.25) is 0 Å². The summed E-state index contributed by atoms with van der Waals surface area (Å²) in [4.78, 5) is 20.4. The average Bonchev–Trinajstić information content (AvgIpc) is 2.58. The Balaban J connectivity index is 2.03. The molecule has 106 valence electrons. The predicted molar refractivity (Wildman–Crippen MR) is 89.8 cm³/mol. The van der Waals surface area contributed by atoms with Gasteiger partial charge in [-0.3, -0.25) is 4.79 Å². The fourth-order valence-corrected chi connectivity index (χ4v) is 2.01. The van der Waals surface area contributed by atoms with Crippen LogP contribution in [0, 0.1) is 0 Å². The summed E-state index contributed by atoms with van der Waals surface area (Å²) in [6.07, 6.45) is 6.41. The third kappa shape index (κ3) is 3.52. The molecular formula is C19H14N2O. The van der Waals surface area contributed by atoms with Crippen molar-refractivity contribution in [3.05, 3.63) is 90.5 Å². The lowest BCUT2D eigenvalue weighted by atomic mass is 10.1. The van der Waals surface area contributed by atoms with E-state index >= 15 is 0 Å². The van der Waals surface area contributed by atoms with Crippen LogP contribution in [0.5, 0.6) is 0 Å². The number of rotatable bonds is 2. The van der Waals surface area contributed by atoms with Gasteiger partial charge in [-0.1, -0.05) is 48.5 Å². The first-order valence-corrected chi connectivity index (χ1v) is 6.99. The van der Waals surface area contributed by atoms with E-state index in [4.69, 9.17) is 0 Å². The van der Waals surface area contributed by atoms with Crippen LogP contribution in [-0.4, -0.2) is 17.3 Å². The predicted octanol–water partition coefficient (Wildman–Crippen LogP) is 3.90. The summed E-state index contributed by atoms with van der Waals surface area (Å²) in [6.45, 7) is 0. The maximum absolute atomic E-state index is 11.2. The van der Waals surface area contributed by atoms with Gasteiger partial charge in [-0.05, 0) is 36.4 Å². The molecule has 0 spiro atoms. The molecule has 0 N–H and O–H groups in total. The average molecular weight is 286 g/mol. The molecule has 0 saturated heterocycles. The molecule has 0 unspecified atom stereocenters. The summed E-state index contributed by atoms with van der Waals surface area (Å²) >= 11 is 0. The van der Waals surface area contributed by atoms with Gasteiger partial charge in [-0.25, -0.2) is 9.98 Å². The van der Waals surface area contributed by atoms with Crippen LogP contribution in [0.1, 0.15) is 5.56 Å². The molecule has 2 aromatic carbocycles. The fourth-order valence-electron chi connectivity index (χ4n) is 2.01. The maximum Gasteiger partial charge on any atom is 0.178 e. The minimum atomic E-state index is -0.0276. The van der Waals surface area contributed by atoms with E-state index in [9.17, 15) is 4.79 Å². The van der Waals surface area contributed by atoms with Gasteiger partial charge in [0.1, 0.15) is 0 Å². The van der Waals surface area contributed by atoms with Crippen LogP contribution in [-0.2, 0) is 4.79 Å². The highest BCUT2D eigenvalue weighted by Crippen LogP contribution is 2.14. The zero-order chi connectivity index (χ0) is 15.2. The molecular weight excluding hydrogens is 272 g/mol. The van der Waals surface area contributed by atoms with Crippen LogP contribution in [0.3, 0.4) is 0 Å². The summed E-state index contributed by atoms with van der Waals surface area (Å²) in [6, 6.07) is 19.5. The summed E-state index contributed by atoms with van der Waals surface area (Å²) in [7, 11) is 0. The quantitative estimate of drug-likeness (QED) is 0.469. The topological polar surface area (TPSA) is 41.8 Å². The smallest absolute Gasteiger partial charge is 0.178 e. The van der Waals surface area contributed by atoms with Crippen molar-refractivity contribution in [2.24, 2.45) is 9.98 Å². The Morgan fingerprint density at radius 1 is 0.727 bits per heavy atom. The van der Waals surface area contributed by atoms with Crippen LogP contribution in [0.4, 0.5) is 5.69 Å². The van der Waals surface area contributed by atoms with Crippen molar-refractivity contribution in [1.29, 1.82) is 0 Å². The third-order valence-corrected chi connectivity index (χ3v) is 3.09. The van der Waals surface area contributed by atoms with Crippen molar-refractivity contribution in [3.63, 3.8) is 0 Å². The molecule has 3 rings (SSSR count). The van der Waals surface area contributed by atoms with Gasteiger partial charge in [0.25, 0.3) is 0 Å². The maximum atomic E-state index is 11.2. The SMILES string of the molecule is O=C1C=CC(=NC(=Nc2ccccc2)c2ccccc2)C=C1.